The van der Waals surface area contributed by atoms with Gasteiger partial charge in [-0.15, -0.1) is 0 Å². The third-order valence-electron chi connectivity index (χ3n) is 3.86. The molecular formula is C19H26N2. The molecule has 2 aromatic rings. The van der Waals surface area contributed by atoms with E-state index in [1.807, 2.05) is 0 Å². The van der Waals surface area contributed by atoms with Gasteiger partial charge >= 0.3 is 0 Å². The lowest BCUT2D eigenvalue weighted by Gasteiger charge is -2.24. The molecule has 0 aliphatic heterocycles. The third-order valence-corrected chi connectivity index (χ3v) is 3.86. The molecule has 0 heterocycles. The summed E-state index contributed by atoms with van der Waals surface area (Å²) >= 11 is 0. The van der Waals surface area contributed by atoms with Crippen molar-refractivity contribution in [1.82, 2.24) is 5.32 Å². The van der Waals surface area contributed by atoms with Crippen LogP contribution in [-0.4, -0.2) is 13.6 Å². The summed E-state index contributed by atoms with van der Waals surface area (Å²) in [5.41, 5.74) is 6.49. The Morgan fingerprint density at radius 3 is 2.33 bits per heavy atom. The summed E-state index contributed by atoms with van der Waals surface area (Å²) in [6, 6.07) is 15.2. The average molecular weight is 282 g/mol. The SMILES string of the molecule is CCCNCc1ccc(N(C)c2ccccc2C)c(C)c1. The van der Waals surface area contributed by atoms with Crippen molar-refractivity contribution in [3.63, 3.8) is 0 Å². The molecule has 2 nitrogen and oxygen atoms in total. The zero-order valence-corrected chi connectivity index (χ0v) is 13.6. The highest BCUT2D eigenvalue weighted by molar-refractivity contribution is 5.68. The smallest absolute Gasteiger partial charge is 0.0438 e. The fourth-order valence-corrected chi connectivity index (χ4v) is 2.68. The lowest BCUT2D eigenvalue weighted by atomic mass is 10.1. The second-order valence-corrected chi connectivity index (χ2v) is 5.64. The number of aryl methyl sites for hydroxylation is 2. The van der Waals surface area contributed by atoms with Crippen molar-refractivity contribution in [1.29, 1.82) is 0 Å². The van der Waals surface area contributed by atoms with Crippen LogP contribution in [0.2, 0.25) is 0 Å². The van der Waals surface area contributed by atoms with Gasteiger partial charge in [-0.05, 0) is 55.6 Å². The van der Waals surface area contributed by atoms with Gasteiger partial charge in [0.1, 0.15) is 0 Å². The monoisotopic (exact) mass is 282 g/mol. The van der Waals surface area contributed by atoms with E-state index in [2.05, 4.69) is 80.5 Å². The molecule has 0 aliphatic carbocycles. The minimum absolute atomic E-state index is 0.947. The van der Waals surface area contributed by atoms with Gasteiger partial charge in [-0.2, -0.15) is 0 Å². The van der Waals surface area contributed by atoms with E-state index in [0.29, 0.717) is 0 Å². The zero-order valence-electron chi connectivity index (χ0n) is 13.6. The maximum Gasteiger partial charge on any atom is 0.0438 e. The molecule has 2 heteroatoms. The molecule has 1 N–H and O–H groups in total. The minimum Gasteiger partial charge on any atom is -0.344 e. The largest absolute Gasteiger partial charge is 0.344 e. The van der Waals surface area contributed by atoms with Gasteiger partial charge in [0.15, 0.2) is 0 Å². The van der Waals surface area contributed by atoms with Crippen LogP contribution in [-0.2, 0) is 6.54 Å². The number of rotatable bonds is 6. The number of anilines is 2. The number of hydrogen-bond donors (Lipinski definition) is 1. The van der Waals surface area contributed by atoms with E-state index < -0.39 is 0 Å². The first-order chi connectivity index (χ1) is 10.1. The van der Waals surface area contributed by atoms with Crippen LogP contribution in [0.5, 0.6) is 0 Å². The molecule has 0 aromatic heterocycles. The summed E-state index contributed by atoms with van der Waals surface area (Å²) in [7, 11) is 2.14. The van der Waals surface area contributed by atoms with E-state index in [0.717, 1.165) is 13.1 Å². The van der Waals surface area contributed by atoms with Gasteiger partial charge in [0.2, 0.25) is 0 Å². The Hall–Kier alpha value is -1.80. The number of hydrogen-bond acceptors (Lipinski definition) is 2. The average Bonchev–Trinajstić information content (AvgIpc) is 2.47. The fourth-order valence-electron chi connectivity index (χ4n) is 2.68. The molecule has 0 aliphatic rings. The summed E-state index contributed by atoms with van der Waals surface area (Å²) in [4.78, 5) is 2.27. The second kappa shape index (κ2) is 7.28. The van der Waals surface area contributed by atoms with Crippen molar-refractivity contribution in [2.75, 3.05) is 18.5 Å². The van der Waals surface area contributed by atoms with E-state index >= 15 is 0 Å². The van der Waals surface area contributed by atoms with E-state index in [-0.39, 0.29) is 0 Å². The number of nitrogens with one attached hydrogen (secondary N) is 1. The van der Waals surface area contributed by atoms with Gasteiger partial charge in [-0.1, -0.05) is 37.3 Å². The molecule has 0 unspecified atom stereocenters. The Bertz CT molecular complexity index is 590. The molecule has 0 bridgehead atoms. The normalized spacial score (nSPS) is 10.7. The van der Waals surface area contributed by atoms with Gasteiger partial charge in [0.25, 0.3) is 0 Å². The first-order valence-corrected chi connectivity index (χ1v) is 7.73. The number of nitrogens with zero attached hydrogens (tertiary/aromatic N) is 1. The molecular weight excluding hydrogens is 256 g/mol. The van der Waals surface area contributed by atoms with Crippen molar-refractivity contribution >= 4 is 11.4 Å². The topological polar surface area (TPSA) is 15.3 Å². The van der Waals surface area contributed by atoms with Crippen LogP contribution >= 0.6 is 0 Å². The van der Waals surface area contributed by atoms with E-state index in [4.69, 9.17) is 0 Å². The molecule has 2 aromatic carbocycles. The van der Waals surface area contributed by atoms with Gasteiger partial charge in [-0.3, -0.25) is 0 Å². The first kappa shape index (κ1) is 15.6. The Morgan fingerprint density at radius 1 is 0.952 bits per heavy atom. The lowest BCUT2D eigenvalue weighted by molar-refractivity contribution is 0.675. The van der Waals surface area contributed by atoms with Crippen LogP contribution in [0.1, 0.15) is 30.0 Å². The van der Waals surface area contributed by atoms with Crippen LogP contribution in [0, 0.1) is 13.8 Å². The van der Waals surface area contributed by atoms with Crippen LogP contribution in [0.25, 0.3) is 0 Å². The maximum atomic E-state index is 3.45. The van der Waals surface area contributed by atoms with Crippen molar-refractivity contribution in [2.24, 2.45) is 0 Å². The Labute approximate surface area is 128 Å². The molecule has 0 fully saturated rings. The van der Waals surface area contributed by atoms with Gasteiger partial charge in [-0.25, -0.2) is 0 Å². The minimum atomic E-state index is 0.947. The highest BCUT2D eigenvalue weighted by Gasteiger charge is 2.09. The maximum absolute atomic E-state index is 3.45. The summed E-state index contributed by atoms with van der Waals surface area (Å²) in [5.74, 6) is 0. The second-order valence-electron chi connectivity index (χ2n) is 5.64. The predicted molar refractivity (Wildman–Crippen MR) is 92.4 cm³/mol. The Morgan fingerprint density at radius 2 is 1.67 bits per heavy atom. The predicted octanol–water partition coefficient (Wildman–Crippen LogP) is 4.57. The number of para-hydroxylation sites is 1. The zero-order chi connectivity index (χ0) is 15.2. The summed E-state index contributed by atoms with van der Waals surface area (Å²) in [6.07, 6.45) is 1.17. The van der Waals surface area contributed by atoms with Crippen molar-refractivity contribution < 1.29 is 0 Å². The van der Waals surface area contributed by atoms with Crippen LogP contribution < -0.4 is 10.2 Å². The molecule has 0 atom stereocenters. The Kier molecular flexibility index (Phi) is 5.40. The molecule has 21 heavy (non-hydrogen) atoms. The van der Waals surface area contributed by atoms with Crippen molar-refractivity contribution in [2.45, 2.75) is 33.7 Å². The standard InChI is InChI=1S/C19H26N2/c1-5-12-20-14-17-10-11-19(16(3)13-17)21(4)18-9-7-6-8-15(18)2/h6-11,13,20H,5,12,14H2,1-4H3. The van der Waals surface area contributed by atoms with Crippen LogP contribution in [0.3, 0.4) is 0 Å². The number of benzene rings is 2. The highest BCUT2D eigenvalue weighted by atomic mass is 15.1. The quantitative estimate of drug-likeness (QED) is 0.781. The molecule has 112 valence electrons. The molecule has 0 spiro atoms. The molecule has 0 saturated heterocycles. The molecule has 0 radical (unpaired) electrons. The van der Waals surface area contributed by atoms with Gasteiger partial charge in [0, 0.05) is 25.0 Å². The summed E-state index contributed by atoms with van der Waals surface area (Å²) < 4.78 is 0. The summed E-state index contributed by atoms with van der Waals surface area (Å²) in [6.45, 7) is 8.56. The van der Waals surface area contributed by atoms with Crippen LogP contribution in [0.4, 0.5) is 11.4 Å². The molecule has 0 amide bonds. The molecule has 0 saturated carbocycles. The van der Waals surface area contributed by atoms with Crippen molar-refractivity contribution in [3.8, 4) is 0 Å². The first-order valence-electron chi connectivity index (χ1n) is 7.73. The van der Waals surface area contributed by atoms with Crippen molar-refractivity contribution in [3.05, 3.63) is 59.2 Å². The van der Waals surface area contributed by atoms with E-state index in [1.54, 1.807) is 0 Å². The van der Waals surface area contributed by atoms with E-state index in [9.17, 15) is 0 Å². The Balaban J connectivity index is 2.19. The summed E-state index contributed by atoms with van der Waals surface area (Å²) in [5, 5.41) is 3.45. The lowest BCUT2D eigenvalue weighted by Crippen LogP contribution is -2.15. The van der Waals surface area contributed by atoms with Crippen LogP contribution in [0.15, 0.2) is 42.5 Å². The third kappa shape index (κ3) is 3.85. The fraction of sp³-hybridized carbons (Fsp3) is 0.368. The highest BCUT2D eigenvalue weighted by Crippen LogP contribution is 2.29. The van der Waals surface area contributed by atoms with E-state index in [1.165, 1.54) is 34.5 Å². The molecule has 2 rings (SSSR count). The van der Waals surface area contributed by atoms with Gasteiger partial charge in [0.05, 0.1) is 0 Å². The van der Waals surface area contributed by atoms with Gasteiger partial charge < -0.3 is 10.2 Å².